The SMILES string of the molecule is CC1COc2ccccc2C12CCC(=O)NC2. The van der Waals surface area contributed by atoms with Crippen LogP contribution in [0.25, 0.3) is 0 Å². The molecule has 2 aliphatic rings. The van der Waals surface area contributed by atoms with E-state index in [-0.39, 0.29) is 11.3 Å². The van der Waals surface area contributed by atoms with Crippen molar-refractivity contribution in [3.05, 3.63) is 29.8 Å². The average molecular weight is 231 g/mol. The summed E-state index contributed by atoms with van der Waals surface area (Å²) in [5.74, 6) is 1.60. The summed E-state index contributed by atoms with van der Waals surface area (Å²) in [7, 11) is 0. The molecule has 3 heteroatoms. The zero-order valence-corrected chi connectivity index (χ0v) is 10.0. The Morgan fingerprint density at radius 1 is 1.41 bits per heavy atom. The summed E-state index contributed by atoms with van der Waals surface area (Å²) in [6, 6.07) is 8.23. The fourth-order valence-electron chi connectivity index (χ4n) is 3.06. The minimum atomic E-state index is 0.0722. The molecule has 90 valence electrons. The van der Waals surface area contributed by atoms with Crippen molar-refractivity contribution < 1.29 is 9.53 Å². The van der Waals surface area contributed by atoms with Gasteiger partial charge in [0.2, 0.25) is 5.91 Å². The average Bonchev–Trinajstić information content (AvgIpc) is 2.37. The Morgan fingerprint density at radius 3 is 3.00 bits per heavy atom. The summed E-state index contributed by atoms with van der Waals surface area (Å²) >= 11 is 0. The quantitative estimate of drug-likeness (QED) is 0.740. The summed E-state index contributed by atoms with van der Waals surface area (Å²) < 4.78 is 5.78. The Kier molecular flexibility index (Phi) is 2.35. The summed E-state index contributed by atoms with van der Waals surface area (Å²) in [6.45, 7) is 3.70. The number of nitrogens with one attached hydrogen (secondary N) is 1. The first-order valence-electron chi connectivity index (χ1n) is 6.21. The summed E-state index contributed by atoms with van der Waals surface area (Å²) in [6.07, 6.45) is 1.55. The van der Waals surface area contributed by atoms with Gasteiger partial charge < -0.3 is 10.1 Å². The number of hydrogen-bond donors (Lipinski definition) is 1. The number of hydrogen-bond acceptors (Lipinski definition) is 2. The number of amides is 1. The highest BCUT2D eigenvalue weighted by molar-refractivity contribution is 5.77. The molecule has 3 nitrogen and oxygen atoms in total. The number of ether oxygens (including phenoxy) is 1. The molecular formula is C14H17NO2. The molecule has 0 aromatic heterocycles. The van der Waals surface area contributed by atoms with Crippen molar-refractivity contribution in [1.82, 2.24) is 5.32 Å². The molecule has 1 fully saturated rings. The van der Waals surface area contributed by atoms with Crippen molar-refractivity contribution in [2.45, 2.75) is 25.2 Å². The fourth-order valence-corrected chi connectivity index (χ4v) is 3.06. The first kappa shape index (κ1) is 10.6. The van der Waals surface area contributed by atoms with Crippen LogP contribution < -0.4 is 10.1 Å². The van der Waals surface area contributed by atoms with E-state index >= 15 is 0 Å². The summed E-state index contributed by atoms with van der Waals surface area (Å²) in [5, 5.41) is 3.02. The Bertz CT molecular complexity index is 445. The van der Waals surface area contributed by atoms with Crippen LogP contribution in [0.4, 0.5) is 0 Å². The molecule has 0 radical (unpaired) electrons. The fraction of sp³-hybridized carbons (Fsp3) is 0.500. The van der Waals surface area contributed by atoms with E-state index in [0.29, 0.717) is 12.3 Å². The molecule has 0 bridgehead atoms. The van der Waals surface area contributed by atoms with Crippen molar-refractivity contribution in [3.63, 3.8) is 0 Å². The predicted molar refractivity (Wildman–Crippen MR) is 65.0 cm³/mol. The van der Waals surface area contributed by atoms with Crippen LogP contribution in [-0.4, -0.2) is 19.1 Å². The number of carbonyl (C=O) groups is 1. The van der Waals surface area contributed by atoms with Gasteiger partial charge in [0.15, 0.2) is 0 Å². The molecule has 2 atom stereocenters. The van der Waals surface area contributed by atoms with E-state index in [0.717, 1.165) is 25.3 Å². The Balaban J connectivity index is 2.05. The number of piperidine rings is 1. The largest absolute Gasteiger partial charge is 0.493 e. The number of para-hydroxylation sites is 1. The van der Waals surface area contributed by atoms with Gasteiger partial charge in [-0.3, -0.25) is 4.79 Å². The van der Waals surface area contributed by atoms with Crippen LogP contribution in [0.5, 0.6) is 5.75 Å². The van der Waals surface area contributed by atoms with Gasteiger partial charge in [-0.05, 0) is 12.5 Å². The second-order valence-electron chi connectivity index (χ2n) is 5.14. The molecule has 1 spiro atoms. The van der Waals surface area contributed by atoms with Gasteiger partial charge in [0, 0.05) is 29.9 Å². The third-order valence-corrected chi connectivity index (χ3v) is 4.25. The molecule has 2 unspecified atom stereocenters. The van der Waals surface area contributed by atoms with Crippen molar-refractivity contribution in [2.24, 2.45) is 5.92 Å². The van der Waals surface area contributed by atoms with Crippen molar-refractivity contribution in [3.8, 4) is 5.75 Å². The van der Waals surface area contributed by atoms with Crippen LogP contribution in [0.2, 0.25) is 0 Å². The number of carbonyl (C=O) groups excluding carboxylic acids is 1. The molecule has 1 aromatic carbocycles. The van der Waals surface area contributed by atoms with E-state index in [2.05, 4.69) is 24.4 Å². The monoisotopic (exact) mass is 231 g/mol. The van der Waals surface area contributed by atoms with Crippen LogP contribution >= 0.6 is 0 Å². The lowest BCUT2D eigenvalue weighted by Gasteiger charge is -2.46. The van der Waals surface area contributed by atoms with Crippen LogP contribution in [0, 0.1) is 5.92 Å². The highest BCUT2D eigenvalue weighted by Gasteiger charge is 2.45. The molecule has 1 N–H and O–H groups in total. The second-order valence-corrected chi connectivity index (χ2v) is 5.14. The van der Waals surface area contributed by atoms with Gasteiger partial charge in [0.1, 0.15) is 5.75 Å². The van der Waals surface area contributed by atoms with E-state index in [1.807, 2.05) is 12.1 Å². The maximum absolute atomic E-state index is 11.4. The zero-order chi connectivity index (χ0) is 11.9. The predicted octanol–water partition coefficient (Wildman–Crippen LogP) is 1.86. The molecule has 17 heavy (non-hydrogen) atoms. The highest BCUT2D eigenvalue weighted by Crippen LogP contribution is 2.45. The number of rotatable bonds is 0. The molecule has 2 heterocycles. The number of fused-ring (bicyclic) bond motifs is 2. The topological polar surface area (TPSA) is 38.3 Å². The third-order valence-electron chi connectivity index (χ3n) is 4.25. The van der Waals surface area contributed by atoms with E-state index in [1.165, 1.54) is 5.56 Å². The van der Waals surface area contributed by atoms with Gasteiger partial charge in [-0.1, -0.05) is 25.1 Å². The van der Waals surface area contributed by atoms with Crippen LogP contribution in [0.1, 0.15) is 25.3 Å². The molecule has 1 aromatic rings. The van der Waals surface area contributed by atoms with E-state index in [1.54, 1.807) is 0 Å². The lowest BCUT2D eigenvalue weighted by atomic mass is 9.65. The minimum Gasteiger partial charge on any atom is -0.493 e. The van der Waals surface area contributed by atoms with E-state index < -0.39 is 0 Å². The molecule has 0 saturated carbocycles. The molecular weight excluding hydrogens is 214 g/mol. The second kappa shape index (κ2) is 3.76. The lowest BCUT2D eigenvalue weighted by Crippen LogP contribution is -2.53. The van der Waals surface area contributed by atoms with Crippen LogP contribution in [0.15, 0.2) is 24.3 Å². The lowest BCUT2D eigenvalue weighted by molar-refractivity contribution is -0.124. The standard InChI is InChI=1S/C14H17NO2/c1-10-8-17-12-5-3-2-4-11(12)14(10)7-6-13(16)15-9-14/h2-5,10H,6-9H2,1H3,(H,15,16). The smallest absolute Gasteiger partial charge is 0.220 e. The Hall–Kier alpha value is -1.51. The molecule has 0 aliphatic carbocycles. The van der Waals surface area contributed by atoms with Crippen molar-refractivity contribution in [2.75, 3.05) is 13.2 Å². The maximum atomic E-state index is 11.4. The van der Waals surface area contributed by atoms with Gasteiger partial charge in [0.05, 0.1) is 6.61 Å². The molecule has 1 saturated heterocycles. The van der Waals surface area contributed by atoms with Crippen LogP contribution in [0.3, 0.4) is 0 Å². The van der Waals surface area contributed by atoms with Gasteiger partial charge in [0.25, 0.3) is 0 Å². The Morgan fingerprint density at radius 2 is 2.24 bits per heavy atom. The molecule has 3 rings (SSSR count). The van der Waals surface area contributed by atoms with Crippen molar-refractivity contribution >= 4 is 5.91 Å². The third kappa shape index (κ3) is 1.53. The zero-order valence-electron chi connectivity index (χ0n) is 10.0. The summed E-state index contributed by atoms with van der Waals surface area (Å²) in [4.78, 5) is 11.4. The first-order chi connectivity index (χ1) is 8.22. The van der Waals surface area contributed by atoms with Crippen molar-refractivity contribution in [1.29, 1.82) is 0 Å². The maximum Gasteiger partial charge on any atom is 0.220 e. The minimum absolute atomic E-state index is 0.0722. The van der Waals surface area contributed by atoms with E-state index in [4.69, 9.17) is 4.74 Å². The Labute approximate surface area is 101 Å². The molecule has 1 amide bonds. The normalized spacial score (nSPS) is 31.6. The first-order valence-corrected chi connectivity index (χ1v) is 6.21. The summed E-state index contributed by atoms with van der Waals surface area (Å²) in [5.41, 5.74) is 1.33. The highest BCUT2D eigenvalue weighted by atomic mass is 16.5. The van der Waals surface area contributed by atoms with E-state index in [9.17, 15) is 4.79 Å². The van der Waals surface area contributed by atoms with Gasteiger partial charge in [-0.2, -0.15) is 0 Å². The van der Waals surface area contributed by atoms with Gasteiger partial charge in [-0.15, -0.1) is 0 Å². The van der Waals surface area contributed by atoms with Crippen LogP contribution in [-0.2, 0) is 10.2 Å². The molecule has 2 aliphatic heterocycles. The number of benzene rings is 1. The van der Waals surface area contributed by atoms with Gasteiger partial charge >= 0.3 is 0 Å². The van der Waals surface area contributed by atoms with Gasteiger partial charge in [-0.25, -0.2) is 0 Å².